The molecule has 10 heteroatoms. The summed E-state index contributed by atoms with van der Waals surface area (Å²) in [6, 6.07) is 15.8. The Labute approximate surface area is 250 Å². The zero-order valence-electron chi connectivity index (χ0n) is 24.3. The fourth-order valence-corrected chi connectivity index (χ4v) is 6.12. The van der Waals surface area contributed by atoms with E-state index >= 15 is 0 Å². The highest BCUT2D eigenvalue weighted by Gasteiger charge is 2.32. The third kappa shape index (κ3) is 6.50. The maximum Gasteiger partial charge on any atom is 0.254 e. The van der Waals surface area contributed by atoms with Gasteiger partial charge in [0.15, 0.2) is 0 Å². The van der Waals surface area contributed by atoms with Crippen molar-refractivity contribution >= 4 is 17.5 Å². The smallest absolute Gasteiger partial charge is 0.254 e. The fraction of sp³-hybridized carbons (Fsp3) is 0.394. The van der Waals surface area contributed by atoms with Crippen LogP contribution >= 0.6 is 0 Å². The minimum atomic E-state index is -0.435. The molecule has 3 aliphatic rings. The molecule has 2 unspecified atom stereocenters. The lowest BCUT2D eigenvalue weighted by Gasteiger charge is -2.40. The number of benzene rings is 3. The van der Waals surface area contributed by atoms with Gasteiger partial charge < -0.3 is 30.1 Å². The molecule has 2 N–H and O–H groups in total. The normalized spacial score (nSPS) is 20.8. The van der Waals surface area contributed by atoms with Gasteiger partial charge in [0.2, 0.25) is 0 Å². The molecule has 226 valence electrons. The number of anilines is 1. The maximum atomic E-state index is 14.6. The zero-order valence-corrected chi connectivity index (χ0v) is 24.3. The van der Waals surface area contributed by atoms with Crippen LogP contribution in [-0.4, -0.2) is 92.7 Å². The third-order valence-electron chi connectivity index (χ3n) is 8.48. The van der Waals surface area contributed by atoms with Gasteiger partial charge in [-0.05, 0) is 74.0 Å². The molecule has 3 aromatic carbocycles. The van der Waals surface area contributed by atoms with Gasteiger partial charge in [0.05, 0.1) is 0 Å². The third-order valence-corrected chi connectivity index (χ3v) is 8.48. The number of amides is 2. The lowest BCUT2D eigenvalue weighted by Crippen LogP contribution is -2.55. The van der Waals surface area contributed by atoms with Crippen molar-refractivity contribution in [3.8, 4) is 16.9 Å². The van der Waals surface area contributed by atoms with Crippen LogP contribution in [0.2, 0.25) is 0 Å². The molecule has 0 spiro atoms. The molecule has 0 saturated carbocycles. The summed E-state index contributed by atoms with van der Waals surface area (Å²) < 4.78 is 34.5. The quantitative estimate of drug-likeness (QED) is 0.456. The Hall–Kier alpha value is -4.02. The Morgan fingerprint density at radius 3 is 2.33 bits per heavy atom. The summed E-state index contributed by atoms with van der Waals surface area (Å²) in [4.78, 5) is 32.8. The Balaban J connectivity index is 1.18. The van der Waals surface area contributed by atoms with Gasteiger partial charge in [-0.2, -0.15) is 0 Å². The first kappa shape index (κ1) is 29.1. The van der Waals surface area contributed by atoms with Crippen LogP contribution in [0, 0.1) is 11.6 Å². The topological polar surface area (TPSA) is 77.2 Å². The van der Waals surface area contributed by atoms with Crippen molar-refractivity contribution in [3.05, 3.63) is 83.4 Å². The van der Waals surface area contributed by atoms with E-state index < -0.39 is 5.82 Å². The van der Waals surface area contributed by atoms with E-state index in [0.29, 0.717) is 42.2 Å². The first-order chi connectivity index (χ1) is 20.9. The van der Waals surface area contributed by atoms with Crippen molar-refractivity contribution in [1.82, 2.24) is 20.4 Å². The summed E-state index contributed by atoms with van der Waals surface area (Å²) in [5.74, 6) is -0.511. The average molecular weight is 590 g/mol. The Morgan fingerprint density at radius 1 is 0.814 bits per heavy atom. The molecule has 3 aromatic rings. The molecule has 0 aromatic heterocycles. The van der Waals surface area contributed by atoms with Crippen LogP contribution in [0.3, 0.4) is 0 Å². The second kappa shape index (κ2) is 12.7. The highest BCUT2D eigenvalue weighted by Crippen LogP contribution is 2.33. The number of nitrogens with one attached hydrogen (secondary N) is 2. The van der Waals surface area contributed by atoms with E-state index in [4.69, 9.17) is 4.74 Å². The van der Waals surface area contributed by atoms with Gasteiger partial charge in [0, 0.05) is 80.8 Å². The van der Waals surface area contributed by atoms with Crippen LogP contribution in [0.4, 0.5) is 14.5 Å². The number of rotatable bonds is 6. The molecule has 0 bridgehead atoms. The van der Waals surface area contributed by atoms with E-state index in [2.05, 4.69) is 15.5 Å². The summed E-state index contributed by atoms with van der Waals surface area (Å²) in [5.41, 5.74) is 3.01. The Kier molecular flexibility index (Phi) is 8.58. The first-order valence-corrected chi connectivity index (χ1v) is 15.0. The highest BCUT2D eigenvalue weighted by atomic mass is 19.1. The molecular formula is C33H37F2N5O3. The summed E-state index contributed by atoms with van der Waals surface area (Å²) in [5, 5.41) is 6.58. The van der Waals surface area contributed by atoms with Crippen molar-refractivity contribution < 1.29 is 23.1 Å². The molecule has 3 fully saturated rings. The molecule has 43 heavy (non-hydrogen) atoms. The number of halogens is 2. The van der Waals surface area contributed by atoms with Crippen LogP contribution in [0.5, 0.6) is 5.75 Å². The van der Waals surface area contributed by atoms with Crippen molar-refractivity contribution in [2.24, 2.45) is 0 Å². The Morgan fingerprint density at radius 2 is 1.60 bits per heavy atom. The van der Waals surface area contributed by atoms with Gasteiger partial charge in [0.1, 0.15) is 23.5 Å². The number of nitrogens with zero attached hydrogens (tertiary/aromatic N) is 3. The predicted octanol–water partition coefficient (Wildman–Crippen LogP) is 3.77. The summed E-state index contributed by atoms with van der Waals surface area (Å²) >= 11 is 0. The van der Waals surface area contributed by atoms with Crippen molar-refractivity contribution in [2.75, 3.05) is 63.8 Å². The van der Waals surface area contributed by atoms with E-state index in [9.17, 15) is 18.4 Å². The van der Waals surface area contributed by atoms with Gasteiger partial charge in [-0.15, -0.1) is 0 Å². The number of carbonyl (C=O) groups is 2. The summed E-state index contributed by atoms with van der Waals surface area (Å²) in [6.07, 6.45) is 0.911. The first-order valence-electron chi connectivity index (χ1n) is 15.0. The molecule has 6 rings (SSSR count). The number of hydrogen-bond acceptors (Lipinski definition) is 6. The average Bonchev–Trinajstić information content (AvgIpc) is 3.54. The number of ether oxygens (including phenoxy) is 1. The standard InChI is InChI=1S/C33H37F2N5O3/c1-22-21-39(32(41)25-16-27(35)19-28(17-25)38-12-10-36-11-13-38)14-15-40(22)33(42)24-4-7-31(43-29-8-9-37-20-29)30(18-24)23-2-5-26(34)6-3-23/h2-7,16-19,22,29,36-37H,8-15,20-21H2,1H3. The zero-order chi connectivity index (χ0) is 29.9. The monoisotopic (exact) mass is 589 g/mol. The van der Waals surface area contributed by atoms with Crippen molar-refractivity contribution in [1.29, 1.82) is 0 Å². The minimum absolute atomic E-state index is 0.0254. The molecule has 3 aliphatic heterocycles. The fourth-order valence-electron chi connectivity index (χ4n) is 6.12. The molecule has 2 atom stereocenters. The van der Waals surface area contributed by atoms with Crippen molar-refractivity contribution in [2.45, 2.75) is 25.5 Å². The Bertz CT molecular complexity index is 1470. The summed E-state index contributed by atoms with van der Waals surface area (Å²) in [7, 11) is 0. The number of piperazine rings is 2. The van der Waals surface area contributed by atoms with Gasteiger partial charge in [-0.25, -0.2) is 8.78 Å². The van der Waals surface area contributed by atoms with E-state index in [1.807, 2.05) is 19.1 Å². The van der Waals surface area contributed by atoms with Crippen LogP contribution in [0.1, 0.15) is 34.1 Å². The van der Waals surface area contributed by atoms with Gasteiger partial charge in [-0.1, -0.05) is 12.1 Å². The number of carbonyl (C=O) groups excluding carboxylic acids is 2. The minimum Gasteiger partial charge on any atom is -0.488 e. The maximum absolute atomic E-state index is 14.6. The molecule has 3 saturated heterocycles. The molecule has 0 radical (unpaired) electrons. The molecule has 3 heterocycles. The lowest BCUT2D eigenvalue weighted by atomic mass is 10.00. The number of hydrogen-bond donors (Lipinski definition) is 2. The second-order valence-electron chi connectivity index (χ2n) is 11.5. The van der Waals surface area contributed by atoms with Crippen LogP contribution < -0.4 is 20.3 Å². The second-order valence-corrected chi connectivity index (χ2v) is 11.5. The van der Waals surface area contributed by atoms with Crippen LogP contribution in [-0.2, 0) is 0 Å². The van der Waals surface area contributed by atoms with E-state index in [1.54, 1.807) is 34.1 Å². The SMILES string of the molecule is CC1CN(C(=O)c2cc(F)cc(N3CCNCC3)c2)CCN1C(=O)c1ccc(OC2CCNC2)c(-c2ccc(F)cc2)c1. The highest BCUT2D eigenvalue weighted by molar-refractivity contribution is 5.98. The van der Waals surface area contributed by atoms with Crippen LogP contribution in [0.25, 0.3) is 11.1 Å². The van der Waals surface area contributed by atoms with Gasteiger partial charge in [-0.3, -0.25) is 9.59 Å². The van der Waals surface area contributed by atoms with Crippen LogP contribution in [0.15, 0.2) is 60.7 Å². The molecule has 0 aliphatic carbocycles. The largest absolute Gasteiger partial charge is 0.488 e. The lowest BCUT2D eigenvalue weighted by molar-refractivity contribution is 0.0414. The summed E-state index contributed by atoms with van der Waals surface area (Å²) in [6.45, 7) is 7.71. The van der Waals surface area contributed by atoms with Crippen molar-refractivity contribution in [3.63, 3.8) is 0 Å². The van der Waals surface area contributed by atoms with E-state index in [-0.39, 0.29) is 29.8 Å². The van der Waals surface area contributed by atoms with Gasteiger partial charge >= 0.3 is 0 Å². The molecule has 2 amide bonds. The van der Waals surface area contributed by atoms with Gasteiger partial charge in [0.25, 0.3) is 11.8 Å². The molecule has 8 nitrogen and oxygen atoms in total. The molecular weight excluding hydrogens is 552 g/mol. The predicted molar refractivity (Wildman–Crippen MR) is 162 cm³/mol. The van der Waals surface area contributed by atoms with E-state index in [0.717, 1.165) is 56.8 Å². The van der Waals surface area contributed by atoms with E-state index in [1.165, 1.54) is 24.3 Å².